The van der Waals surface area contributed by atoms with Crippen molar-refractivity contribution in [2.75, 3.05) is 24.4 Å². The number of rotatable bonds is 10. The molecule has 1 fully saturated rings. The number of fused-ring (bicyclic) bond motifs is 1. The van der Waals surface area contributed by atoms with Crippen molar-refractivity contribution in [3.8, 4) is 22.3 Å². The van der Waals surface area contributed by atoms with Gasteiger partial charge in [-0.1, -0.05) is 11.3 Å². The van der Waals surface area contributed by atoms with Gasteiger partial charge in [-0.25, -0.2) is 18.1 Å². The lowest BCUT2D eigenvalue weighted by Gasteiger charge is -2.27. The van der Waals surface area contributed by atoms with Crippen molar-refractivity contribution in [1.82, 2.24) is 35.3 Å². The maximum Gasteiger partial charge on any atom is 0.226 e. The standard InChI is InChI=1S/C27H30BrN9O3S2/c1-16-34-35-24(41-16)20-7-6-19(13-17(20)5-4-11-29)37-23-21(22(28)36-37)15-31-26(33-23)32-18-8-9-27(14-18,25(38)30-2)10-12-42(3,39)40/h6-7,13,15,18H,4-5,8-10,12,14H2,1-3H3,(H,30,38)(H,31,32,33)/t18-,27?/m1/s1. The van der Waals surface area contributed by atoms with Gasteiger partial charge in [0, 0.05) is 37.5 Å². The topological polar surface area (TPSA) is 168 Å². The fraction of sp³-hybridized carbons (Fsp3) is 0.444. The number of anilines is 1. The summed E-state index contributed by atoms with van der Waals surface area (Å²) in [4.78, 5) is 22.1. The molecule has 12 nitrogen and oxygen atoms in total. The zero-order chi connectivity index (χ0) is 30.1. The van der Waals surface area contributed by atoms with Crippen LogP contribution < -0.4 is 10.6 Å². The van der Waals surface area contributed by atoms with Crippen LogP contribution in [0.4, 0.5) is 5.95 Å². The van der Waals surface area contributed by atoms with Crippen LogP contribution in [0.3, 0.4) is 0 Å². The van der Waals surface area contributed by atoms with Gasteiger partial charge < -0.3 is 10.6 Å². The maximum absolute atomic E-state index is 12.8. The Kier molecular flexibility index (Phi) is 8.58. The summed E-state index contributed by atoms with van der Waals surface area (Å²) in [6.07, 6.45) is 5.78. The van der Waals surface area contributed by atoms with E-state index in [4.69, 9.17) is 4.98 Å². The highest BCUT2D eigenvalue weighted by molar-refractivity contribution is 9.10. The second kappa shape index (κ2) is 12.0. The summed E-state index contributed by atoms with van der Waals surface area (Å²) < 4.78 is 26.0. The van der Waals surface area contributed by atoms with Crippen LogP contribution in [0, 0.1) is 23.7 Å². The lowest BCUT2D eigenvalue weighted by atomic mass is 9.82. The quantitative estimate of drug-likeness (QED) is 0.251. The number of hydrogen-bond donors (Lipinski definition) is 2. The monoisotopic (exact) mass is 671 g/mol. The van der Waals surface area contributed by atoms with Crippen LogP contribution in [0.1, 0.15) is 42.7 Å². The summed E-state index contributed by atoms with van der Waals surface area (Å²) in [7, 11) is -1.63. The van der Waals surface area contributed by atoms with E-state index in [0.717, 1.165) is 32.2 Å². The van der Waals surface area contributed by atoms with E-state index < -0.39 is 15.3 Å². The number of carbonyl (C=O) groups is 1. The number of halogens is 1. The molecule has 4 aromatic rings. The molecule has 3 aromatic heterocycles. The summed E-state index contributed by atoms with van der Waals surface area (Å²) >= 11 is 5.03. The van der Waals surface area contributed by atoms with Gasteiger partial charge in [0.05, 0.1) is 28.3 Å². The molecule has 3 heterocycles. The lowest BCUT2D eigenvalue weighted by molar-refractivity contribution is -0.130. The average molecular weight is 673 g/mol. The van der Waals surface area contributed by atoms with Gasteiger partial charge in [-0.05, 0) is 78.7 Å². The largest absolute Gasteiger partial charge is 0.359 e. The van der Waals surface area contributed by atoms with Crippen molar-refractivity contribution < 1.29 is 13.2 Å². The van der Waals surface area contributed by atoms with E-state index in [1.54, 1.807) is 17.9 Å². The Hall–Kier alpha value is -3.48. The van der Waals surface area contributed by atoms with Crippen LogP contribution >= 0.6 is 27.3 Å². The average Bonchev–Trinajstić information content (AvgIpc) is 3.67. The molecular weight excluding hydrogens is 642 g/mol. The summed E-state index contributed by atoms with van der Waals surface area (Å²) in [6, 6.07) is 8.02. The number of sulfone groups is 1. The second-order valence-corrected chi connectivity index (χ2v) is 14.8. The molecule has 1 unspecified atom stereocenters. The van der Waals surface area contributed by atoms with Crippen molar-refractivity contribution in [2.24, 2.45) is 5.41 Å². The molecular formula is C27H30BrN9O3S2. The third-order valence-corrected chi connectivity index (χ3v) is 9.98. The van der Waals surface area contributed by atoms with E-state index in [-0.39, 0.29) is 24.1 Å². The van der Waals surface area contributed by atoms with Crippen molar-refractivity contribution in [3.05, 3.63) is 39.6 Å². The Bertz CT molecular complexity index is 1800. The van der Waals surface area contributed by atoms with E-state index in [1.807, 2.05) is 25.1 Å². The van der Waals surface area contributed by atoms with E-state index in [1.165, 1.54) is 17.6 Å². The van der Waals surface area contributed by atoms with Crippen LogP contribution in [-0.2, 0) is 21.1 Å². The summed E-state index contributed by atoms with van der Waals surface area (Å²) in [6.45, 7) is 1.91. The van der Waals surface area contributed by atoms with E-state index in [9.17, 15) is 18.5 Å². The third kappa shape index (κ3) is 6.30. The number of benzene rings is 1. The van der Waals surface area contributed by atoms with Gasteiger partial charge in [-0.2, -0.15) is 15.3 Å². The molecule has 220 valence electrons. The number of amides is 1. The Morgan fingerprint density at radius 2 is 2.14 bits per heavy atom. The summed E-state index contributed by atoms with van der Waals surface area (Å²) in [5.41, 5.74) is 2.48. The van der Waals surface area contributed by atoms with E-state index >= 15 is 0 Å². The number of nitrogens with zero attached hydrogens (tertiary/aromatic N) is 7. The smallest absolute Gasteiger partial charge is 0.226 e. The summed E-state index contributed by atoms with van der Waals surface area (Å²) in [5.74, 6) is 0.201. The normalized spacial score (nSPS) is 18.7. The fourth-order valence-corrected chi connectivity index (χ4v) is 7.42. The third-order valence-electron chi connectivity index (χ3n) is 7.58. The molecule has 15 heteroatoms. The highest BCUT2D eigenvalue weighted by atomic mass is 79.9. The SMILES string of the molecule is CNC(=O)C1(CCS(C)(=O)=O)CC[C@@H](Nc2ncc3c(Br)nn(-c4ccc(-c5nnc(C)s5)c(CCC#N)c4)c3n2)C1. The van der Waals surface area contributed by atoms with Crippen molar-refractivity contribution >= 4 is 60.0 Å². The van der Waals surface area contributed by atoms with Gasteiger partial charge >= 0.3 is 0 Å². The molecule has 2 N–H and O–H groups in total. The Balaban J connectivity index is 1.44. The number of nitrogens with one attached hydrogen (secondary N) is 2. The fourth-order valence-electron chi connectivity index (χ4n) is 5.47. The molecule has 1 saturated carbocycles. The zero-order valence-electron chi connectivity index (χ0n) is 23.4. The predicted molar refractivity (Wildman–Crippen MR) is 164 cm³/mol. The Labute approximate surface area is 256 Å². The second-order valence-electron chi connectivity index (χ2n) is 10.6. The van der Waals surface area contributed by atoms with Gasteiger partial charge in [0.15, 0.2) is 5.65 Å². The minimum absolute atomic E-state index is 0.0450. The number of hydrogen-bond acceptors (Lipinski definition) is 11. The van der Waals surface area contributed by atoms with Crippen molar-refractivity contribution in [2.45, 2.75) is 51.5 Å². The molecule has 0 radical (unpaired) electrons. The molecule has 42 heavy (non-hydrogen) atoms. The molecule has 5 rings (SSSR count). The molecule has 1 aliphatic rings. The molecule has 0 bridgehead atoms. The molecule has 0 spiro atoms. The predicted octanol–water partition coefficient (Wildman–Crippen LogP) is 3.99. The highest BCUT2D eigenvalue weighted by Gasteiger charge is 2.45. The number of nitriles is 1. The van der Waals surface area contributed by atoms with Gasteiger partial charge in [-0.15, -0.1) is 10.2 Å². The molecule has 0 aliphatic heterocycles. The van der Waals surface area contributed by atoms with Gasteiger partial charge in [-0.3, -0.25) is 4.79 Å². The minimum atomic E-state index is -3.21. The van der Waals surface area contributed by atoms with Crippen LogP contribution in [-0.4, -0.2) is 69.4 Å². The molecule has 1 amide bonds. The van der Waals surface area contributed by atoms with Crippen molar-refractivity contribution in [1.29, 1.82) is 5.26 Å². The number of aromatic nitrogens is 6. The first kappa shape index (κ1) is 30.0. The van der Waals surface area contributed by atoms with Crippen LogP contribution in [0.15, 0.2) is 29.0 Å². The molecule has 1 aliphatic carbocycles. The first-order valence-electron chi connectivity index (χ1n) is 13.4. The zero-order valence-corrected chi connectivity index (χ0v) is 26.6. The Morgan fingerprint density at radius 1 is 1.33 bits per heavy atom. The summed E-state index contributed by atoms with van der Waals surface area (Å²) in [5, 5.41) is 30.8. The first-order valence-corrected chi connectivity index (χ1v) is 17.1. The lowest BCUT2D eigenvalue weighted by Crippen LogP contribution is -2.39. The van der Waals surface area contributed by atoms with Crippen LogP contribution in [0.25, 0.3) is 27.3 Å². The molecule has 2 atom stereocenters. The molecule has 1 aromatic carbocycles. The molecule has 0 saturated heterocycles. The van der Waals surface area contributed by atoms with Crippen LogP contribution in [0.5, 0.6) is 0 Å². The minimum Gasteiger partial charge on any atom is -0.359 e. The van der Waals surface area contributed by atoms with Gasteiger partial charge in [0.1, 0.15) is 24.5 Å². The Morgan fingerprint density at radius 3 is 2.83 bits per heavy atom. The maximum atomic E-state index is 12.8. The van der Waals surface area contributed by atoms with E-state index in [0.29, 0.717) is 48.3 Å². The van der Waals surface area contributed by atoms with Crippen molar-refractivity contribution in [3.63, 3.8) is 0 Å². The number of carbonyl (C=O) groups excluding carboxylic acids is 1. The van der Waals surface area contributed by atoms with Gasteiger partial charge in [0.2, 0.25) is 11.9 Å². The van der Waals surface area contributed by atoms with Gasteiger partial charge in [0.25, 0.3) is 0 Å². The highest BCUT2D eigenvalue weighted by Crippen LogP contribution is 2.43. The van der Waals surface area contributed by atoms with E-state index in [2.05, 4.69) is 52.9 Å². The first-order chi connectivity index (χ1) is 20.0. The van der Waals surface area contributed by atoms with Crippen LogP contribution in [0.2, 0.25) is 0 Å². The number of aryl methyl sites for hydroxylation is 2.